The zero-order valence-electron chi connectivity index (χ0n) is 10.8. The molecule has 1 aromatic carbocycles. The van der Waals surface area contributed by atoms with Crippen LogP contribution in [0.3, 0.4) is 0 Å². The van der Waals surface area contributed by atoms with Crippen molar-refractivity contribution in [1.29, 1.82) is 0 Å². The summed E-state index contributed by atoms with van der Waals surface area (Å²) >= 11 is 0. The van der Waals surface area contributed by atoms with Crippen molar-refractivity contribution in [3.8, 4) is 5.75 Å². The van der Waals surface area contributed by atoms with Crippen molar-refractivity contribution >= 4 is 22.7 Å². The second-order valence-corrected chi connectivity index (χ2v) is 4.42. The first-order valence-electron chi connectivity index (χ1n) is 5.99. The van der Waals surface area contributed by atoms with Crippen molar-refractivity contribution in [3.63, 3.8) is 0 Å². The maximum Gasteiger partial charge on any atom is 0.303 e. The van der Waals surface area contributed by atoms with Crippen LogP contribution < -0.4 is 5.56 Å². The summed E-state index contributed by atoms with van der Waals surface area (Å²) in [5.41, 5.74) is -0.478. The molecular weight excluding hydrogens is 262 g/mol. The molecule has 0 saturated carbocycles. The van der Waals surface area contributed by atoms with Gasteiger partial charge in [-0.2, -0.15) is 0 Å². The van der Waals surface area contributed by atoms with Gasteiger partial charge in [-0.3, -0.25) is 14.4 Å². The van der Waals surface area contributed by atoms with Crippen LogP contribution in [0.5, 0.6) is 5.75 Å². The molecule has 1 heterocycles. The van der Waals surface area contributed by atoms with E-state index < -0.39 is 17.3 Å². The van der Waals surface area contributed by atoms with Crippen LogP contribution in [-0.4, -0.2) is 26.5 Å². The molecule has 20 heavy (non-hydrogen) atoms. The summed E-state index contributed by atoms with van der Waals surface area (Å²) in [6.07, 6.45) is -0.704. The molecule has 104 valence electrons. The monoisotopic (exact) mass is 275 g/mol. The number of aromatic nitrogens is 1. The van der Waals surface area contributed by atoms with Crippen molar-refractivity contribution in [2.75, 3.05) is 0 Å². The van der Waals surface area contributed by atoms with Crippen LogP contribution >= 0.6 is 0 Å². The first-order chi connectivity index (χ1) is 9.43. The molecule has 0 aliphatic carbocycles. The van der Waals surface area contributed by atoms with Gasteiger partial charge in [-0.25, -0.2) is 0 Å². The largest absolute Gasteiger partial charge is 0.506 e. The maximum atomic E-state index is 12.1. The Labute approximate surface area is 113 Å². The highest BCUT2D eigenvalue weighted by molar-refractivity contribution is 6.04. The lowest BCUT2D eigenvalue weighted by atomic mass is 10.0. The van der Waals surface area contributed by atoms with Crippen LogP contribution in [0, 0.1) is 0 Å². The molecule has 0 amide bonds. The van der Waals surface area contributed by atoms with Gasteiger partial charge in [0.15, 0.2) is 5.78 Å². The van der Waals surface area contributed by atoms with Gasteiger partial charge in [0.05, 0.1) is 11.9 Å². The number of hydrogen-bond donors (Lipinski definition) is 2. The van der Waals surface area contributed by atoms with Crippen LogP contribution in [0.1, 0.15) is 23.2 Å². The van der Waals surface area contributed by atoms with Gasteiger partial charge in [0.25, 0.3) is 5.56 Å². The van der Waals surface area contributed by atoms with E-state index in [1.54, 1.807) is 24.3 Å². The van der Waals surface area contributed by atoms with E-state index in [-0.39, 0.29) is 24.2 Å². The average molecular weight is 275 g/mol. The van der Waals surface area contributed by atoms with E-state index in [4.69, 9.17) is 5.11 Å². The van der Waals surface area contributed by atoms with Gasteiger partial charge in [-0.1, -0.05) is 12.1 Å². The van der Waals surface area contributed by atoms with Gasteiger partial charge in [0.2, 0.25) is 0 Å². The van der Waals surface area contributed by atoms with Gasteiger partial charge in [0.1, 0.15) is 11.3 Å². The molecular formula is C14H13NO5. The minimum absolute atomic E-state index is 0.323. The topological polar surface area (TPSA) is 96.6 Å². The molecule has 6 heteroatoms. The van der Waals surface area contributed by atoms with Crippen molar-refractivity contribution < 1.29 is 19.8 Å². The number of rotatable bonds is 4. The molecule has 0 aliphatic rings. The van der Waals surface area contributed by atoms with Gasteiger partial charge < -0.3 is 14.8 Å². The summed E-state index contributed by atoms with van der Waals surface area (Å²) in [7, 11) is 1.50. The quantitative estimate of drug-likeness (QED) is 0.819. The van der Waals surface area contributed by atoms with E-state index in [1.807, 2.05) is 0 Å². The number of nitrogens with zero attached hydrogens (tertiary/aromatic N) is 1. The van der Waals surface area contributed by atoms with Crippen LogP contribution in [-0.2, 0) is 11.8 Å². The molecule has 0 radical (unpaired) electrons. The summed E-state index contributed by atoms with van der Waals surface area (Å²) in [5, 5.41) is 19.1. The fraction of sp³-hybridized carbons (Fsp3) is 0.214. The van der Waals surface area contributed by atoms with Crippen LogP contribution in [0.2, 0.25) is 0 Å². The van der Waals surface area contributed by atoms with E-state index >= 15 is 0 Å². The van der Waals surface area contributed by atoms with Gasteiger partial charge in [-0.05, 0) is 12.1 Å². The van der Waals surface area contributed by atoms with E-state index in [9.17, 15) is 19.5 Å². The number of pyridine rings is 1. The van der Waals surface area contributed by atoms with Gasteiger partial charge in [0, 0.05) is 18.9 Å². The number of hydrogen-bond acceptors (Lipinski definition) is 4. The summed E-state index contributed by atoms with van der Waals surface area (Å²) in [6.45, 7) is 0. The van der Waals surface area contributed by atoms with E-state index in [0.717, 1.165) is 0 Å². The number of aliphatic carboxylic acids is 1. The summed E-state index contributed by atoms with van der Waals surface area (Å²) in [5.74, 6) is -2.19. The Hall–Kier alpha value is -2.63. The first kappa shape index (κ1) is 13.8. The number of ketones is 1. The summed E-state index contributed by atoms with van der Waals surface area (Å²) in [6, 6.07) is 6.64. The zero-order valence-corrected chi connectivity index (χ0v) is 10.8. The molecule has 1 aromatic heterocycles. The molecule has 2 rings (SSSR count). The third kappa shape index (κ3) is 2.27. The van der Waals surface area contributed by atoms with Crippen molar-refractivity contribution in [2.45, 2.75) is 12.8 Å². The minimum Gasteiger partial charge on any atom is -0.506 e. The molecule has 0 atom stereocenters. The molecule has 0 fully saturated rings. The van der Waals surface area contributed by atoms with Gasteiger partial charge >= 0.3 is 5.97 Å². The first-order valence-corrected chi connectivity index (χ1v) is 5.99. The normalized spacial score (nSPS) is 10.7. The van der Waals surface area contributed by atoms with Crippen molar-refractivity contribution in [3.05, 3.63) is 40.2 Å². The van der Waals surface area contributed by atoms with E-state index in [2.05, 4.69) is 0 Å². The molecule has 0 saturated heterocycles. The van der Waals surface area contributed by atoms with E-state index in [1.165, 1.54) is 11.6 Å². The van der Waals surface area contributed by atoms with Crippen LogP contribution in [0.25, 0.3) is 10.9 Å². The number of para-hydroxylation sites is 1. The number of aromatic hydroxyl groups is 1. The third-order valence-corrected chi connectivity index (χ3v) is 3.12. The predicted octanol–water partition coefficient (Wildman–Crippen LogP) is 1.29. The smallest absolute Gasteiger partial charge is 0.303 e. The number of benzene rings is 1. The second kappa shape index (κ2) is 5.16. The Morgan fingerprint density at radius 2 is 1.85 bits per heavy atom. The lowest BCUT2D eigenvalue weighted by molar-refractivity contribution is -0.136. The number of Topliss-reactive ketones (excluding diaryl/α,β-unsaturated/α-hetero) is 1. The lowest BCUT2D eigenvalue weighted by Crippen LogP contribution is -2.25. The fourth-order valence-corrected chi connectivity index (χ4v) is 2.08. The second-order valence-electron chi connectivity index (χ2n) is 4.42. The molecule has 2 aromatic rings. The SMILES string of the molecule is Cn1c(=O)c(C(=O)CCC(=O)O)c(O)c2ccccc21. The molecule has 0 bridgehead atoms. The number of carbonyl (C=O) groups is 2. The number of carbonyl (C=O) groups excluding carboxylic acids is 1. The number of carboxylic acids is 1. The van der Waals surface area contributed by atoms with Crippen molar-refractivity contribution in [2.24, 2.45) is 7.05 Å². The van der Waals surface area contributed by atoms with Crippen LogP contribution in [0.15, 0.2) is 29.1 Å². The molecule has 0 aliphatic heterocycles. The molecule has 2 N–H and O–H groups in total. The summed E-state index contributed by atoms with van der Waals surface area (Å²) < 4.78 is 1.27. The minimum atomic E-state index is -1.13. The number of fused-ring (bicyclic) bond motifs is 1. The Morgan fingerprint density at radius 1 is 1.20 bits per heavy atom. The molecule has 0 unspecified atom stereocenters. The standard InChI is InChI=1S/C14H13NO5/c1-15-9-5-3-2-4-8(9)13(19)12(14(15)20)10(16)6-7-11(17)18/h2-5,19H,6-7H2,1H3,(H,17,18). The fourth-order valence-electron chi connectivity index (χ4n) is 2.08. The molecule has 0 spiro atoms. The van der Waals surface area contributed by atoms with Crippen molar-refractivity contribution in [1.82, 2.24) is 4.57 Å². The Bertz CT molecular complexity index is 760. The third-order valence-electron chi connectivity index (χ3n) is 3.12. The van der Waals surface area contributed by atoms with Crippen LogP contribution in [0.4, 0.5) is 0 Å². The Balaban J connectivity index is 2.62. The lowest BCUT2D eigenvalue weighted by Gasteiger charge is -2.10. The van der Waals surface area contributed by atoms with Gasteiger partial charge in [-0.15, -0.1) is 0 Å². The number of aryl methyl sites for hydroxylation is 1. The summed E-state index contributed by atoms with van der Waals surface area (Å²) in [4.78, 5) is 34.6. The molecule has 6 nitrogen and oxygen atoms in total. The highest BCUT2D eigenvalue weighted by Gasteiger charge is 2.21. The Kier molecular flexibility index (Phi) is 3.56. The zero-order chi connectivity index (χ0) is 14.9. The highest BCUT2D eigenvalue weighted by Crippen LogP contribution is 2.26. The van der Waals surface area contributed by atoms with E-state index in [0.29, 0.717) is 10.9 Å². The average Bonchev–Trinajstić information content (AvgIpc) is 2.43. The predicted molar refractivity (Wildman–Crippen MR) is 72.1 cm³/mol. The Morgan fingerprint density at radius 3 is 2.50 bits per heavy atom. The maximum absolute atomic E-state index is 12.1. The highest BCUT2D eigenvalue weighted by atomic mass is 16.4. The number of carboxylic acid groups (broad SMARTS) is 1.